The Morgan fingerprint density at radius 1 is 1.03 bits per heavy atom. The van der Waals surface area contributed by atoms with Crippen LogP contribution >= 0.6 is 0 Å². The molecule has 6 nitrogen and oxygen atoms in total. The summed E-state index contributed by atoms with van der Waals surface area (Å²) in [7, 11) is 0. The van der Waals surface area contributed by atoms with Crippen LogP contribution < -0.4 is 15.8 Å². The Bertz CT molecular complexity index is 1280. The van der Waals surface area contributed by atoms with Gasteiger partial charge in [-0.3, -0.25) is 9.36 Å². The van der Waals surface area contributed by atoms with E-state index in [0.717, 1.165) is 42.6 Å². The van der Waals surface area contributed by atoms with Gasteiger partial charge < -0.3 is 10.2 Å². The third-order valence-electron chi connectivity index (χ3n) is 6.06. The topological polar surface area (TPSA) is 63.1 Å². The van der Waals surface area contributed by atoms with Crippen LogP contribution in [0.4, 0.5) is 11.6 Å². The van der Waals surface area contributed by atoms with Crippen molar-refractivity contribution in [2.45, 2.75) is 32.4 Å². The minimum Gasteiger partial charge on any atom is -0.317 e. The van der Waals surface area contributed by atoms with Crippen LogP contribution in [-0.4, -0.2) is 33.7 Å². The fourth-order valence-corrected chi connectivity index (χ4v) is 4.47. The highest BCUT2D eigenvalue weighted by molar-refractivity contribution is 5.76. The zero-order valence-electron chi connectivity index (χ0n) is 18.2. The summed E-state index contributed by atoms with van der Waals surface area (Å²) in [6.07, 6.45) is 3.86. The molecule has 0 radical (unpaired) electrons. The van der Waals surface area contributed by atoms with Crippen LogP contribution in [0.15, 0.2) is 77.7 Å². The Balaban J connectivity index is 1.62. The maximum atomic E-state index is 12.9. The SMILES string of the molecule is Cc1cccc(Cn2c(=O)ccc3cnc(N(c4ccccc4)C4CCNCC4)nc32)c1. The summed E-state index contributed by atoms with van der Waals surface area (Å²) in [6.45, 7) is 4.48. The van der Waals surface area contributed by atoms with Gasteiger partial charge in [-0.05, 0) is 56.6 Å². The lowest BCUT2D eigenvalue weighted by Gasteiger charge is -2.34. The van der Waals surface area contributed by atoms with Gasteiger partial charge in [-0.1, -0.05) is 48.0 Å². The minimum absolute atomic E-state index is 0.0585. The molecule has 0 atom stereocenters. The maximum Gasteiger partial charge on any atom is 0.252 e. The Labute approximate surface area is 187 Å². The van der Waals surface area contributed by atoms with Crippen molar-refractivity contribution in [3.05, 3.63) is 94.4 Å². The molecule has 0 aliphatic carbocycles. The summed E-state index contributed by atoms with van der Waals surface area (Å²) in [5.41, 5.74) is 3.93. The summed E-state index contributed by atoms with van der Waals surface area (Å²) >= 11 is 0. The normalized spacial score (nSPS) is 14.5. The lowest BCUT2D eigenvalue weighted by Crippen LogP contribution is -2.41. The molecule has 2 aromatic heterocycles. The summed E-state index contributed by atoms with van der Waals surface area (Å²) in [6, 6.07) is 22.2. The quantitative estimate of drug-likeness (QED) is 0.523. The number of anilines is 2. The molecule has 1 N–H and O–H groups in total. The number of hydrogen-bond donors (Lipinski definition) is 1. The fraction of sp³-hybridized carbons (Fsp3) is 0.269. The first-order valence-electron chi connectivity index (χ1n) is 11.2. The predicted octanol–water partition coefficient (Wildman–Crippen LogP) is 4.04. The highest BCUT2D eigenvalue weighted by Crippen LogP contribution is 2.29. The first-order valence-corrected chi connectivity index (χ1v) is 11.2. The monoisotopic (exact) mass is 425 g/mol. The standard InChI is InChI=1S/C26H27N5O/c1-19-6-5-7-20(16-19)18-30-24(32)11-10-21-17-28-26(29-25(21)30)31(22-8-3-2-4-9-22)23-12-14-27-15-13-23/h2-11,16-17,23,27H,12-15,18H2,1H3. The zero-order chi connectivity index (χ0) is 21.9. The molecule has 3 heterocycles. The summed E-state index contributed by atoms with van der Waals surface area (Å²) < 4.78 is 1.75. The Morgan fingerprint density at radius 2 is 1.84 bits per heavy atom. The molecule has 32 heavy (non-hydrogen) atoms. The van der Waals surface area contributed by atoms with Gasteiger partial charge in [-0.15, -0.1) is 0 Å². The second-order valence-corrected chi connectivity index (χ2v) is 8.38. The molecule has 0 bridgehead atoms. The van der Waals surface area contributed by atoms with Crippen molar-refractivity contribution >= 4 is 22.7 Å². The van der Waals surface area contributed by atoms with Gasteiger partial charge in [-0.2, -0.15) is 4.98 Å². The van der Waals surface area contributed by atoms with Crippen molar-refractivity contribution in [2.75, 3.05) is 18.0 Å². The molecule has 1 fully saturated rings. The molecule has 1 aliphatic rings. The minimum atomic E-state index is -0.0585. The second-order valence-electron chi connectivity index (χ2n) is 8.38. The van der Waals surface area contributed by atoms with Gasteiger partial charge in [0.1, 0.15) is 5.65 Å². The smallest absolute Gasteiger partial charge is 0.252 e. The Hall–Kier alpha value is -3.51. The van der Waals surface area contributed by atoms with Crippen molar-refractivity contribution in [3.63, 3.8) is 0 Å². The van der Waals surface area contributed by atoms with Gasteiger partial charge in [0.25, 0.3) is 5.56 Å². The van der Waals surface area contributed by atoms with E-state index in [9.17, 15) is 4.79 Å². The highest BCUT2D eigenvalue weighted by atomic mass is 16.1. The van der Waals surface area contributed by atoms with Crippen molar-refractivity contribution in [1.29, 1.82) is 0 Å². The third kappa shape index (κ3) is 4.14. The molecule has 0 unspecified atom stereocenters. The second kappa shape index (κ2) is 8.93. The van der Waals surface area contributed by atoms with E-state index in [-0.39, 0.29) is 5.56 Å². The average molecular weight is 426 g/mol. The number of benzene rings is 2. The van der Waals surface area contributed by atoms with Crippen LogP contribution in [0.1, 0.15) is 24.0 Å². The molecular formula is C26H27N5O. The van der Waals surface area contributed by atoms with E-state index in [1.54, 1.807) is 10.6 Å². The first-order chi connectivity index (χ1) is 15.7. The lowest BCUT2D eigenvalue weighted by atomic mass is 10.0. The van der Waals surface area contributed by atoms with Gasteiger partial charge in [-0.25, -0.2) is 4.98 Å². The maximum absolute atomic E-state index is 12.9. The van der Waals surface area contributed by atoms with Crippen LogP contribution in [0.3, 0.4) is 0 Å². The summed E-state index contributed by atoms with van der Waals surface area (Å²) in [5.74, 6) is 0.638. The van der Waals surface area contributed by atoms with E-state index in [0.29, 0.717) is 24.2 Å². The molecule has 162 valence electrons. The van der Waals surface area contributed by atoms with Crippen molar-refractivity contribution in [3.8, 4) is 0 Å². The van der Waals surface area contributed by atoms with Crippen LogP contribution in [0.25, 0.3) is 11.0 Å². The molecule has 0 saturated carbocycles. The largest absolute Gasteiger partial charge is 0.317 e. The van der Waals surface area contributed by atoms with E-state index in [2.05, 4.69) is 41.4 Å². The summed E-state index contributed by atoms with van der Waals surface area (Å²) in [5, 5.41) is 4.30. The number of aromatic nitrogens is 3. The molecule has 1 saturated heterocycles. The number of nitrogens with zero attached hydrogens (tertiary/aromatic N) is 4. The first kappa shape index (κ1) is 20.4. The highest BCUT2D eigenvalue weighted by Gasteiger charge is 2.25. The van der Waals surface area contributed by atoms with Gasteiger partial charge in [0.2, 0.25) is 5.95 Å². The van der Waals surface area contributed by atoms with E-state index < -0.39 is 0 Å². The molecule has 6 heteroatoms. The van der Waals surface area contributed by atoms with Gasteiger partial charge >= 0.3 is 0 Å². The van der Waals surface area contributed by atoms with Crippen LogP contribution in [0.5, 0.6) is 0 Å². The molecule has 5 rings (SSSR count). The fourth-order valence-electron chi connectivity index (χ4n) is 4.47. The van der Waals surface area contributed by atoms with Crippen LogP contribution in [-0.2, 0) is 6.54 Å². The molecule has 0 amide bonds. The molecule has 4 aromatic rings. The molecule has 0 spiro atoms. The van der Waals surface area contributed by atoms with Crippen LogP contribution in [0.2, 0.25) is 0 Å². The number of aryl methyl sites for hydroxylation is 1. The van der Waals surface area contributed by atoms with Crippen molar-refractivity contribution in [1.82, 2.24) is 19.9 Å². The number of nitrogens with one attached hydrogen (secondary N) is 1. The third-order valence-corrected chi connectivity index (χ3v) is 6.06. The molecule has 1 aliphatic heterocycles. The van der Waals surface area contributed by atoms with E-state index in [4.69, 9.17) is 9.97 Å². The molecule has 2 aromatic carbocycles. The summed E-state index contributed by atoms with van der Waals surface area (Å²) in [4.78, 5) is 24.8. The molecular weight excluding hydrogens is 398 g/mol. The van der Waals surface area contributed by atoms with Crippen molar-refractivity contribution in [2.24, 2.45) is 0 Å². The lowest BCUT2D eigenvalue weighted by molar-refractivity contribution is 0.449. The number of hydrogen-bond acceptors (Lipinski definition) is 5. The van der Waals surface area contributed by atoms with E-state index in [1.807, 2.05) is 42.6 Å². The van der Waals surface area contributed by atoms with Gasteiger partial charge in [0.15, 0.2) is 0 Å². The number of rotatable bonds is 5. The zero-order valence-corrected chi connectivity index (χ0v) is 18.2. The average Bonchev–Trinajstić information content (AvgIpc) is 2.83. The van der Waals surface area contributed by atoms with E-state index in [1.165, 1.54) is 5.56 Å². The van der Waals surface area contributed by atoms with Crippen molar-refractivity contribution < 1.29 is 0 Å². The number of piperidine rings is 1. The van der Waals surface area contributed by atoms with E-state index >= 15 is 0 Å². The number of fused-ring (bicyclic) bond motifs is 1. The van der Waals surface area contributed by atoms with Gasteiger partial charge in [0.05, 0.1) is 6.54 Å². The van der Waals surface area contributed by atoms with Gasteiger partial charge in [0, 0.05) is 29.4 Å². The number of pyridine rings is 1. The Kier molecular flexibility index (Phi) is 5.69. The number of para-hydroxylation sites is 1. The Morgan fingerprint density at radius 3 is 2.62 bits per heavy atom. The van der Waals surface area contributed by atoms with Crippen LogP contribution in [0, 0.1) is 6.92 Å². The predicted molar refractivity (Wildman–Crippen MR) is 129 cm³/mol.